The first-order chi connectivity index (χ1) is 19.5. The summed E-state index contributed by atoms with van der Waals surface area (Å²) in [7, 11) is 1.72. The highest BCUT2D eigenvalue weighted by Crippen LogP contribution is 2.20. The van der Waals surface area contributed by atoms with Gasteiger partial charge in [-0.2, -0.15) is 4.98 Å². The first-order valence-corrected chi connectivity index (χ1v) is 15.5. The van der Waals surface area contributed by atoms with E-state index < -0.39 is 0 Å². The Morgan fingerprint density at radius 1 is 0.800 bits per heavy atom. The van der Waals surface area contributed by atoms with E-state index >= 15 is 0 Å². The van der Waals surface area contributed by atoms with Crippen LogP contribution in [-0.2, 0) is 32.9 Å². The zero-order valence-electron chi connectivity index (χ0n) is 23.2. The molecule has 0 aliphatic heterocycles. The van der Waals surface area contributed by atoms with Crippen molar-refractivity contribution in [3.63, 3.8) is 0 Å². The smallest absolute Gasteiger partial charge is 0.277 e. The fraction of sp³-hybridized carbons (Fsp3) is 0.364. The maximum absolute atomic E-state index is 12.9. The Morgan fingerprint density at radius 3 is 2.25 bits per heavy atom. The summed E-state index contributed by atoms with van der Waals surface area (Å²) in [6.45, 7) is 0.747. The Balaban J connectivity index is 1.29. The minimum atomic E-state index is -0.208. The van der Waals surface area contributed by atoms with Crippen LogP contribution in [0.25, 0.3) is 0 Å². The van der Waals surface area contributed by atoms with Crippen LogP contribution in [0.3, 0.4) is 0 Å². The molecule has 40 heavy (non-hydrogen) atoms. The lowest BCUT2D eigenvalue weighted by Crippen LogP contribution is -2.21. The fourth-order valence-electron chi connectivity index (χ4n) is 4.68. The number of benzene rings is 2. The van der Waals surface area contributed by atoms with Crippen LogP contribution in [0.5, 0.6) is 0 Å². The van der Waals surface area contributed by atoms with Gasteiger partial charge in [0.2, 0.25) is 0 Å². The second-order valence-electron chi connectivity index (χ2n) is 10.3. The highest BCUT2D eigenvalue weighted by atomic mass is 35.5. The summed E-state index contributed by atoms with van der Waals surface area (Å²) < 4.78 is 3.65. The molecule has 0 bridgehead atoms. The molecular weight excluding hydrogens is 538 g/mol. The maximum Gasteiger partial charge on any atom is 0.277 e. The summed E-state index contributed by atoms with van der Waals surface area (Å²) in [6.07, 6.45) is 13.3. The maximum atomic E-state index is 12.9. The fourth-order valence-corrected chi connectivity index (χ4v) is 5.80. The molecule has 0 radical (unpaired) electrons. The van der Waals surface area contributed by atoms with Gasteiger partial charge >= 0.3 is 0 Å². The van der Waals surface area contributed by atoms with Crippen LogP contribution in [0.1, 0.15) is 60.8 Å². The first-order valence-electron chi connectivity index (χ1n) is 14.1. The van der Waals surface area contributed by atoms with Crippen molar-refractivity contribution in [3.05, 3.63) is 127 Å². The number of aromatic nitrogens is 3. The number of halogens is 1. The number of nitrogens with zero attached hydrogens (tertiary/aromatic N) is 3. The van der Waals surface area contributed by atoms with Crippen molar-refractivity contribution < 1.29 is 0 Å². The summed E-state index contributed by atoms with van der Waals surface area (Å²) in [5.41, 5.74) is 3.75. The van der Waals surface area contributed by atoms with E-state index in [1.54, 1.807) is 31.1 Å². The summed E-state index contributed by atoms with van der Waals surface area (Å²) in [5, 5.41) is 1.57. The molecule has 5 nitrogen and oxygen atoms in total. The monoisotopic (exact) mass is 575 g/mol. The standard InChI is InChI=1S/C33H38ClN3O2S/c1-36-20-18-28(24-31(36)38)23-29-25-37(21-19-26-11-8-6-9-12-26)33(35-32(29)39)40-22-10-5-3-2-4-7-13-27-14-16-30(34)17-15-27/h6,8-9,11-12,14-18,20,24-25H,2-5,7,10,13,19,21-23H2,1H3. The zero-order valence-corrected chi connectivity index (χ0v) is 24.8. The number of hydrogen-bond donors (Lipinski definition) is 0. The molecule has 0 saturated heterocycles. The van der Waals surface area contributed by atoms with Gasteiger partial charge in [-0.25, -0.2) is 0 Å². The highest BCUT2D eigenvalue weighted by molar-refractivity contribution is 7.99. The number of rotatable bonds is 15. The Bertz CT molecular complexity index is 1470. The second kappa shape index (κ2) is 15.6. The van der Waals surface area contributed by atoms with E-state index in [1.807, 2.05) is 42.6 Å². The Morgan fingerprint density at radius 2 is 1.50 bits per heavy atom. The van der Waals surface area contributed by atoms with E-state index in [9.17, 15) is 9.59 Å². The third-order valence-corrected chi connectivity index (χ3v) is 8.41. The van der Waals surface area contributed by atoms with Crippen molar-refractivity contribution in [1.29, 1.82) is 0 Å². The zero-order chi connectivity index (χ0) is 28.2. The molecule has 7 heteroatoms. The molecule has 0 aliphatic carbocycles. The lowest BCUT2D eigenvalue weighted by molar-refractivity contribution is 0.592. The van der Waals surface area contributed by atoms with Crippen LogP contribution in [0, 0.1) is 0 Å². The molecule has 2 heterocycles. The van der Waals surface area contributed by atoms with Crippen LogP contribution < -0.4 is 11.1 Å². The molecule has 0 N–H and O–H groups in total. The van der Waals surface area contributed by atoms with Gasteiger partial charge in [0, 0.05) is 54.8 Å². The van der Waals surface area contributed by atoms with Crippen molar-refractivity contribution in [2.75, 3.05) is 5.75 Å². The van der Waals surface area contributed by atoms with E-state index in [0.29, 0.717) is 12.0 Å². The normalized spacial score (nSPS) is 11.2. The average Bonchev–Trinajstić information content (AvgIpc) is 2.96. The average molecular weight is 576 g/mol. The van der Waals surface area contributed by atoms with E-state index in [0.717, 1.165) is 47.3 Å². The van der Waals surface area contributed by atoms with Crippen molar-refractivity contribution in [2.24, 2.45) is 7.05 Å². The molecule has 2 aromatic heterocycles. The van der Waals surface area contributed by atoms with Crippen LogP contribution in [0.4, 0.5) is 0 Å². The largest absolute Gasteiger partial charge is 0.327 e. The molecule has 4 aromatic rings. The first kappa shape index (κ1) is 29.9. The molecule has 0 aliphatic rings. The minimum absolute atomic E-state index is 0.0800. The number of hydrogen-bond acceptors (Lipinski definition) is 4. The van der Waals surface area contributed by atoms with E-state index in [1.165, 1.54) is 47.8 Å². The number of aryl methyl sites for hydroxylation is 4. The van der Waals surface area contributed by atoms with Gasteiger partial charge in [0.1, 0.15) is 0 Å². The van der Waals surface area contributed by atoms with Gasteiger partial charge in [0.15, 0.2) is 5.16 Å². The summed E-state index contributed by atoms with van der Waals surface area (Å²) >= 11 is 7.64. The van der Waals surface area contributed by atoms with Gasteiger partial charge < -0.3 is 9.13 Å². The van der Waals surface area contributed by atoms with Crippen LogP contribution in [-0.4, -0.2) is 19.9 Å². The Hall–Kier alpha value is -3.09. The number of thioether (sulfide) groups is 1. The molecule has 0 atom stereocenters. The van der Waals surface area contributed by atoms with Crippen LogP contribution in [0.15, 0.2) is 93.9 Å². The predicted octanol–water partition coefficient (Wildman–Crippen LogP) is 7.10. The predicted molar refractivity (Wildman–Crippen MR) is 167 cm³/mol. The third kappa shape index (κ3) is 9.53. The molecule has 0 fully saturated rings. The van der Waals surface area contributed by atoms with Crippen molar-refractivity contribution in [2.45, 2.75) is 69.5 Å². The molecule has 0 spiro atoms. The molecule has 0 amide bonds. The van der Waals surface area contributed by atoms with Gasteiger partial charge in [-0.1, -0.05) is 91.5 Å². The number of pyridine rings is 1. The summed E-state index contributed by atoms with van der Waals surface area (Å²) in [5.74, 6) is 0.941. The second-order valence-corrected chi connectivity index (χ2v) is 11.8. The van der Waals surface area contributed by atoms with Gasteiger partial charge in [0.05, 0.1) is 0 Å². The minimum Gasteiger partial charge on any atom is -0.327 e. The highest BCUT2D eigenvalue weighted by Gasteiger charge is 2.11. The third-order valence-electron chi connectivity index (χ3n) is 7.08. The topological polar surface area (TPSA) is 56.9 Å². The number of unbranched alkanes of at least 4 members (excludes halogenated alkanes) is 5. The van der Waals surface area contributed by atoms with Gasteiger partial charge in [-0.15, -0.1) is 0 Å². The summed E-state index contributed by atoms with van der Waals surface area (Å²) in [4.78, 5) is 29.5. The quantitative estimate of drug-likeness (QED) is 0.0861. The molecule has 2 aromatic carbocycles. The molecule has 0 saturated carbocycles. The Labute approximate surface area is 246 Å². The lowest BCUT2D eigenvalue weighted by Gasteiger charge is -2.14. The SMILES string of the molecule is Cn1ccc(Cc2cn(CCc3ccccc3)c(SCCCCCCCCc3ccc(Cl)cc3)nc2=O)cc1=O. The van der Waals surface area contributed by atoms with Crippen LogP contribution in [0.2, 0.25) is 5.02 Å². The molecule has 0 unspecified atom stereocenters. The van der Waals surface area contributed by atoms with E-state index in [-0.39, 0.29) is 11.1 Å². The van der Waals surface area contributed by atoms with Crippen LogP contribution >= 0.6 is 23.4 Å². The molecular formula is C33H38ClN3O2S. The molecule has 210 valence electrons. The van der Waals surface area contributed by atoms with Gasteiger partial charge in [0.25, 0.3) is 11.1 Å². The lowest BCUT2D eigenvalue weighted by atomic mass is 10.1. The molecule has 4 rings (SSSR count). The Kier molecular flexibility index (Phi) is 11.7. The van der Waals surface area contributed by atoms with E-state index in [4.69, 9.17) is 11.6 Å². The summed E-state index contributed by atoms with van der Waals surface area (Å²) in [6, 6.07) is 22.0. The van der Waals surface area contributed by atoms with Crippen molar-refractivity contribution >= 4 is 23.4 Å². The van der Waals surface area contributed by atoms with Crippen molar-refractivity contribution in [1.82, 2.24) is 14.1 Å². The van der Waals surface area contributed by atoms with Gasteiger partial charge in [-0.05, 0) is 60.6 Å². The van der Waals surface area contributed by atoms with Crippen molar-refractivity contribution in [3.8, 4) is 0 Å². The van der Waals surface area contributed by atoms with Gasteiger partial charge in [-0.3, -0.25) is 9.59 Å². The van der Waals surface area contributed by atoms with E-state index in [2.05, 4.69) is 33.8 Å².